The molecule has 0 radical (unpaired) electrons. The third-order valence-corrected chi connectivity index (χ3v) is 2.65. The summed E-state index contributed by atoms with van der Waals surface area (Å²) in [6.07, 6.45) is 1.65. The average molecular weight is 231 g/mol. The lowest BCUT2D eigenvalue weighted by atomic mass is 10.1. The summed E-state index contributed by atoms with van der Waals surface area (Å²) in [6, 6.07) is 6.90. The molecule has 1 fully saturated rings. The summed E-state index contributed by atoms with van der Waals surface area (Å²) in [5, 5.41) is 11.6. The van der Waals surface area contributed by atoms with E-state index in [9.17, 15) is 4.79 Å². The van der Waals surface area contributed by atoms with E-state index in [0.717, 1.165) is 12.8 Å². The van der Waals surface area contributed by atoms with Crippen LogP contribution in [0.25, 0.3) is 0 Å². The van der Waals surface area contributed by atoms with E-state index in [4.69, 9.17) is 10.00 Å². The van der Waals surface area contributed by atoms with Gasteiger partial charge in [0, 0.05) is 19.3 Å². The maximum atomic E-state index is 11.9. The van der Waals surface area contributed by atoms with Crippen LogP contribution in [0, 0.1) is 11.3 Å². The first-order valence-electron chi connectivity index (χ1n) is 5.55. The number of carbonyl (C=O) groups is 1. The third-order valence-electron chi connectivity index (χ3n) is 2.65. The van der Waals surface area contributed by atoms with Crippen LogP contribution in [-0.4, -0.2) is 30.1 Å². The number of aromatic nitrogens is 1. The van der Waals surface area contributed by atoms with Crippen molar-refractivity contribution in [3.05, 3.63) is 29.6 Å². The molecule has 1 N–H and O–H groups in total. The fourth-order valence-corrected chi connectivity index (χ4v) is 1.72. The van der Waals surface area contributed by atoms with Gasteiger partial charge in [-0.25, -0.2) is 4.98 Å². The molecule has 1 saturated heterocycles. The molecule has 0 spiro atoms. The lowest BCUT2D eigenvalue weighted by Gasteiger charge is -2.22. The summed E-state index contributed by atoms with van der Waals surface area (Å²) in [5.41, 5.74) is 0.542. The Balaban J connectivity index is 2.01. The average Bonchev–Trinajstić information content (AvgIpc) is 2.40. The summed E-state index contributed by atoms with van der Waals surface area (Å²) < 4.78 is 5.21. The van der Waals surface area contributed by atoms with Gasteiger partial charge in [-0.3, -0.25) is 4.79 Å². The standard InChI is InChI=1S/C12H13N3O2/c13-8-10-2-1-3-11(14-10)12(16)15-9-4-6-17-7-5-9/h1-3,9H,4-7H2,(H,15,16). The predicted molar refractivity (Wildman–Crippen MR) is 60.3 cm³/mol. The number of pyridine rings is 1. The van der Waals surface area contributed by atoms with Gasteiger partial charge < -0.3 is 10.1 Å². The van der Waals surface area contributed by atoms with Gasteiger partial charge in [-0.05, 0) is 25.0 Å². The first-order chi connectivity index (χ1) is 8.29. The summed E-state index contributed by atoms with van der Waals surface area (Å²) in [7, 11) is 0. The van der Waals surface area contributed by atoms with Crippen LogP contribution >= 0.6 is 0 Å². The molecule has 2 rings (SSSR count). The lowest BCUT2D eigenvalue weighted by Crippen LogP contribution is -2.39. The van der Waals surface area contributed by atoms with Crippen LogP contribution in [-0.2, 0) is 4.74 Å². The molecule has 0 aromatic carbocycles. The van der Waals surface area contributed by atoms with Crippen molar-refractivity contribution in [3.8, 4) is 6.07 Å². The SMILES string of the molecule is N#Cc1cccc(C(=O)NC2CCOCC2)n1. The van der Waals surface area contributed by atoms with Crippen molar-refractivity contribution in [3.63, 3.8) is 0 Å². The van der Waals surface area contributed by atoms with Crippen molar-refractivity contribution in [2.75, 3.05) is 13.2 Å². The van der Waals surface area contributed by atoms with Gasteiger partial charge in [0.1, 0.15) is 17.5 Å². The first kappa shape index (κ1) is 11.6. The minimum absolute atomic E-state index is 0.142. The Labute approximate surface area is 99.4 Å². The minimum atomic E-state index is -0.228. The number of hydrogen-bond acceptors (Lipinski definition) is 4. The van der Waals surface area contributed by atoms with E-state index in [2.05, 4.69) is 10.3 Å². The monoisotopic (exact) mass is 231 g/mol. The van der Waals surface area contributed by atoms with Crippen LogP contribution in [0.4, 0.5) is 0 Å². The second-order valence-corrected chi connectivity index (χ2v) is 3.88. The van der Waals surface area contributed by atoms with Crippen molar-refractivity contribution >= 4 is 5.91 Å². The second kappa shape index (κ2) is 5.41. The topological polar surface area (TPSA) is 75.0 Å². The van der Waals surface area contributed by atoms with Crippen LogP contribution in [0.5, 0.6) is 0 Å². The quantitative estimate of drug-likeness (QED) is 0.819. The lowest BCUT2D eigenvalue weighted by molar-refractivity contribution is 0.0694. The van der Waals surface area contributed by atoms with Crippen LogP contribution in [0.1, 0.15) is 29.0 Å². The van der Waals surface area contributed by atoms with Gasteiger partial charge >= 0.3 is 0 Å². The highest BCUT2D eigenvalue weighted by atomic mass is 16.5. The Hall–Kier alpha value is -1.93. The van der Waals surface area contributed by atoms with Crippen molar-refractivity contribution < 1.29 is 9.53 Å². The maximum absolute atomic E-state index is 11.9. The molecule has 5 heteroatoms. The van der Waals surface area contributed by atoms with Gasteiger partial charge in [-0.15, -0.1) is 0 Å². The number of carbonyl (C=O) groups excluding carboxylic acids is 1. The van der Waals surface area contributed by atoms with Crippen molar-refractivity contribution in [1.82, 2.24) is 10.3 Å². The molecule has 2 heterocycles. The van der Waals surface area contributed by atoms with E-state index in [1.54, 1.807) is 18.2 Å². The molecule has 88 valence electrons. The number of ether oxygens (including phenoxy) is 1. The molecule has 5 nitrogen and oxygen atoms in total. The number of nitriles is 1. The number of hydrogen-bond donors (Lipinski definition) is 1. The van der Waals surface area contributed by atoms with E-state index in [1.165, 1.54) is 0 Å². The molecular weight excluding hydrogens is 218 g/mol. The number of rotatable bonds is 2. The summed E-state index contributed by atoms with van der Waals surface area (Å²) in [5.74, 6) is -0.228. The second-order valence-electron chi connectivity index (χ2n) is 3.88. The fourth-order valence-electron chi connectivity index (χ4n) is 1.72. The Morgan fingerprint density at radius 2 is 2.24 bits per heavy atom. The zero-order chi connectivity index (χ0) is 12.1. The Bertz CT molecular complexity index is 447. The molecule has 0 atom stereocenters. The molecule has 1 amide bonds. The van der Waals surface area contributed by atoms with Gasteiger partial charge in [0.25, 0.3) is 5.91 Å². The van der Waals surface area contributed by atoms with Crippen LogP contribution in [0.15, 0.2) is 18.2 Å². The Morgan fingerprint density at radius 1 is 1.47 bits per heavy atom. The normalized spacial score (nSPS) is 16.2. The summed E-state index contributed by atoms with van der Waals surface area (Å²) in [4.78, 5) is 15.8. The largest absolute Gasteiger partial charge is 0.381 e. The van der Waals surface area contributed by atoms with E-state index in [0.29, 0.717) is 13.2 Å². The molecule has 1 aliphatic rings. The molecule has 1 aromatic heterocycles. The van der Waals surface area contributed by atoms with E-state index >= 15 is 0 Å². The van der Waals surface area contributed by atoms with Crippen molar-refractivity contribution in [1.29, 1.82) is 5.26 Å². The van der Waals surface area contributed by atoms with E-state index in [1.807, 2.05) is 6.07 Å². The summed E-state index contributed by atoms with van der Waals surface area (Å²) in [6.45, 7) is 1.35. The highest BCUT2D eigenvalue weighted by molar-refractivity contribution is 5.92. The smallest absolute Gasteiger partial charge is 0.270 e. The molecule has 0 saturated carbocycles. The first-order valence-corrected chi connectivity index (χ1v) is 5.55. The molecule has 1 aromatic rings. The maximum Gasteiger partial charge on any atom is 0.270 e. The third kappa shape index (κ3) is 3.02. The number of amides is 1. The van der Waals surface area contributed by atoms with Gasteiger partial charge in [0.05, 0.1) is 0 Å². The predicted octanol–water partition coefficient (Wildman–Crippen LogP) is 0.862. The molecule has 1 aliphatic heterocycles. The van der Waals surface area contributed by atoms with Crippen molar-refractivity contribution in [2.24, 2.45) is 0 Å². The molecule has 17 heavy (non-hydrogen) atoms. The van der Waals surface area contributed by atoms with Crippen molar-refractivity contribution in [2.45, 2.75) is 18.9 Å². The Kier molecular flexibility index (Phi) is 3.68. The fraction of sp³-hybridized carbons (Fsp3) is 0.417. The van der Waals surface area contributed by atoms with Crippen LogP contribution < -0.4 is 5.32 Å². The molecule has 0 unspecified atom stereocenters. The van der Waals surface area contributed by atoms with E-state index < -0.39 is 0 Å². The number of nitrogens with one attached hydrogen (secondary N) is 1. The van der Waals surface area contributed by atoms with E-state index in [-0.39, 0.29) is 23.3 Å². The van der Waals surface area contributed by atoms with Gasteiger partial charge in [0.15, 0.2) is 0 Å². The van der Waals surface area contributed by atoms with Gasteiger partial charge in [0.2, 0.25) is 0 Å². The van der Waals surface area contributed by atoms with Crippen LogP contribution in [0.2, 0.25) is 0 Å². The Morgan fingerprint density at radius 3 is 2.94 bits per heavy atom. The van der Waals surface area contributed by atoms with Crippen LogP contribution in [0.3, 0.4) is 0 Å². The highest BCUT2D eigenvalue weighted by Gasteiger charge is 2.17. The zero-order valence-electron chi connectivity index (χ0n) is 9.35. The summed E-state index contributed by atoms with van der Waals surface area (Å²) >= 11 is 0. The molecular formula is C12H13N3O2. The zero-order valence-corrected chi connectivity index (χ0v) is 9.35. The molecule has 0 aliphatic carbocycles. The minimum Gasteiger partial charge on any atom is -0.381 e. The van der Waals surface area contributed by atoms with Gasteiger partial charge in [-0.1, -0.05) is 6.07 Å². The molecule has 0 bridgehead atoms. The highest BCUT2D eigenvalue weighted by Crippen LogP contribution is 2.07. The van der Waals surface area contributed by atoms with Gasteiger partial charge in [-0.2, -0.15) is 5.26 Å². The number of nitrogens with zero attached hydrogens (tertiary/aromatic N) is 2.